The number of nitrogens with one attached hydrogen (secondary N) is 1. The van der Waals surface area contributed by atoms with Gasteiger partial charge in [-0.3, -0.25) is 4.79 Å². The summed E-state index contributed by atoms with van der Waals surface area (Å²) in [5, 5.41) is 17.3. The molecule has 1 heterocycles. The maximum Gasteiger partial charge on any atom is 0.256 e. The first-order chi connectivity index (χ1) is 13.2. The Bertz CT molecular complexity index is 1050. The summed E-state index contributed by atoms with van der Waals surface area (Å²) >= 11 is 12.0. The van der Waals surface area contributed by atoms with E-state index in [2.05, 4.69) is 16.5 Å². The van der Waals surface area contributed by atoms with E-state index in [1.807, 2.05) is 26.8 Å². The van der Waals surface area contributed by atoms with Crippen molar-refractivity contribution in [3.63, 3.8) is 0 Å². The number of rotatable bonds is 3. The van der Waals surface area contributed by atoms with Gasteiger partial charge in [-0.1, -0.05) is 44.0 Å². The standard InChI is InChI=1S/C21H18Cl2N4O/c1-21(2,3)18-11-19(25-20(28)14-8-15(22)10-16(23)9-14)27(26-18)17-6-4-13(12-24)5-7-17/h4-11H,1-3H3,(H,25,28). The lowest BCUT2D eigenvalue weighted by molar-refractivity contribution is 0.102. The van der Waals surface area contributed by atoms with Gasteiger partial charge in [0.25, 0.3) is 5.91 Å². The highest BCUT2D eigenvalue weighted by Gasteiger charge is 2.22. The quantitative estimate of drug-likeness (QED) is 0.608. The van der Waals surface area contributed by atoms with Gasteiger partial charge >= 0.3 is 0 Å². The predicted octanol–water partition coefficient (Wildman–Crippen LogP) is 5.60. The van der Waals surface area contributed by atoms with Gasteiger partial charge in [-0.2, -0.15) is 10.4 Å². The van der Waals surface area contributed by atoms with Crippen molar-refractivity contribution in [3.8, 4) is 11.8 Å². The Morgan fingerprint density at radius 1 is 1.07 bits per heavy atom. The number of carbonyl (C=O) groups is 1. The molecule has 0 atom stereocenters. The Morgan fingerprint density at radius 2 is 1.68 bits per heavy atom. The number of nitriles is 1. The van der Waals surface area contributed by atoms with E-state index in [1.165, 1.54) is 0 Å². The smallest absolute Gasteiger partial charge is 0.256 e. The summed E-state index contributed by atoms with van der Waals surface area (Å²) in [5.41, 5.74) is 2.23. The summed E-state index contributed by atoms with van der Waals surface area (Å²) in [6.07, 6.45) is 0. The highest BCUT2D eigenvalue weighted by atomic mass is 35.5. The largest absolute Gasteiger partial charge is 0.306 e. The molecule has 1 N–H and O–H groups in total. The molecule has 0 saturated carbocycles. The average Bonchev–Trinajstić information content (AvgIpc) is 3.05. The molecular weight excluding hydrogens is 395 g/mol. The van der Waals surface area contributed by atoms with Crippen molar-refractivity contribution < 1.29 is 4.79 Å². The topological polar surface area (TPSA) is 70.7 Å². The zero-order chi connectivity index (χ0) is 20.5. The van der Waals surface area contributed by atoms with Crippen LogP contribution in [0.4, 0.5) is 5.82 Å². The number of anilines is 1. The minimum Gasteiger partial charge on any atom is -0.306 e. The van der Waals surface area contributed by atoms with E-state index in [9.17, 15) is 4.79 Å². The van der Waals surface area contributed by atoms with Crippen molar-refractivity contribution in [1.82, 2.24) is 9.78 Å². The second-order valence-corrected chi connectivity index (χ2v) is 8.22. The molecule has 7 heteroatoms. The van der Waals surface area contributed by atoms with Crippen LogP contribution in [0.25, 0.3) is 5.69 Å². The molecule has 0 fully saturated rings. The Kier molecular flexibility index (Phi) is 5.46. The molecule has 1 aromatic heterocycles. The van der Waals surface area contributed by atoms with Crippen LogP contribution in [0, 0.1) is 11.3 Å². The second kappa shape index (κ2) is 7.67. The van der Waals surface area contributed by atoms with Crippen LogP contribution in [0.2, 0.25) is 10.0 Å². The fraction of sp³-hybridized carbons (Fsp3) is 0.190. The van der Waals surface area contributed by atoms with Crippen LogP contribution in [-0.2, 0) is 5.41 Å². The monoisotopic (exact) mass is 412 g/mol. The first-order valence-corrected chi connectivity index (χ1v) is 9.31. The van der Waals surface area contributed by atoms with Crippen molar-refractivity contribution >= 4 is 34.9 Å². The molecule has 5 nitrogen and oxygen atoms in total. The van der Waals surface area contributed by atoms with E-state index in [-0.39, 0.29) is 11.3 Å². The third kappa shape index (κ3) is 4.36. The van der Waals surface area contributed by atoms with Crippen LogP contribution in [-0.4, -0.2) is 15.7 Å². The lowest BCUT2D eigenvalue weighted by Gasteiger charge is -2.14. The van der Waals surface area contributed by atoms with Crippen LogP contribution in [0.15, 0.2) is 48.5 Å². The number of amides is 1. The average molecular weight is 413 g/mol. The number of aromatic nitrogens is 2. The van der Waals surface area contributed by atoms with Crippen LogP contribution in [0.1, 0.15) is 42.4 Å². The number of carbonyl (C=O) groups excluding carboxylic acids is 1. The third-order valence-corrected chi connectivity index (χ3v) is 4.52. The molecule has 1 amide bonds. The molecule has 3 aromatic rings. The molecular formula is C21H18Cl2N4O. The lowest BCUT2D eigenvalue weighted by Crippen LogP contribution is -2.15. The first kappa shape index (κ1) is 19.9. The van der Waals surface area contributed by atoms with E-state index in [0.29, 0.717) is 27.0 Å². The normalized spacial score (nSPS) is 11.1. The number of halogens is 2. The summed E-state index contributed by atoms with van der Waals surface area (Å²) in [7, 11) is 0. The molecule has 0 aliphatic carbocycles. The highest BCUT2D eigenvalue weighted by Crippen LogP contribution is 2.27. The van der Waals surface area contributed by atoms with Gasteiger partial charge in [0, 0.05) is 27.1 Å². The van der Waals surface area contributed by atoms with Crippen LogP contribution >= 0.6 is 23.2 Å². The number of hydrogen-bond donors (Lipinski definition) is 1. The van der Waals surface area contributed by atoms with Crippen molar-refractivity contribution in [3.05, 3.63) is 75.4 Å². The fourth-order valence-corrected chi connectivity index (χ4v) is 3.11. The van der Waals surface area contributed by atoms with Gasteiger partial charge < -0.3 is 5.32 Å². The molecule has 0 bridgehead atoms. The summed E-state index contributed by atoms with van der Waals surface area (Å²) in [5.74, 6) is 0.162. The van der Waals surface area contributed by atoms with Gasteiger partial charge in [0.05, 0.1) is 23.0 Å². The first-order valence-electron chi connectivity index (χ1n) is 8.56. The van der Waals surface area contributed by atoms with Gasteiger partial charge in [-0.05, 0) is 42.5 Å². The molecule has 0 aliphatic heterocycles. The minimum atomic E-state index is -0.348. The van der Waals surface area contributed by atoms with Gasteiger partial charge in [-0.25, -0.2) is 4.68 Å². The Labute approximate surface area is 173 Å². The molecule has 2 aromatic carbocycles. The maximum atomic E-state index is 12.7. The molecule has 0 spiro atoms. The summed E-state index contributed by atoms with van der Waals surface area (Å²) in [6, 6.07) is 15.6. The molecule has 0 aliphatic rings. The van der Waals surface area contributed by atoms with E-state index in [4.69, 9.17) is 28.5 Å². The maximum absolute atomic E-state index is 12.7. The van der Waals surface area contributed by atoms with Crippen LogP contribution < -0.4 is 5.32 Å². The lowest BCUT2D eigenvalue weighted by atomic mass is 9.92. The third-order valence-electron chi connectivity index (χ3n) is 4.09. The van der Waals surface area contributed by atoms with E-state index < -0.39 is 0 Å². The second-order valence-electron chi connectivity index (χ2n) is 7.35. The number of benzene rings is 2. The van der Waals surface area contributed by atoms with Crippen LogP contribution in [0.3, 0.4) is 0 Å². The van der Waals surface area contributed by atoms with E-state index >= 15 is 0 Å². The summed E-state index contributed by atoms with van der Waals surface area (Å²) in [6.45, 7) is 6.13. The number of nitrogens with zero attached hydrogens (tertiary/aromatic N) is 3. The Hall–Kier alpha value is -2.81. The fourth-order valence-electron chi connectivity index (χ4n) is 2.58. The van der Waals surface area contributed by atoms with Gasteiger partial charge in [-0.15, -0.1) is 0 Å². The zero-order valence-electron chi connectivity index (χ0n) is 15.6. The molecule has 0 saturated heterocycles. The molecule has 0 unspecified atom stereocenters. The summed E-state index contributed by atoms with van der Waals surface area (Å²) in [4.78, 5) is 12.7. The van der Waals surface area contributed by atoms with Gasteiger partial charge in [0.15, 0.2) is 0 Å². The van der Waals surface area contributed by atoms with Crippen LogP contribution in [0.5, 0.6) is 0 Å². The van der Waals surface area contributed by atoms with Crippen molar-refractivity contribution in [2.45, 2.75) is 26.2 Å². The molecule has 28 heavy (non-hydrogen) atoms. The Balaban J connectivity index is 2.02. The predicted molar refractivity (Wildman–Crippen MR) is 111 cm³/mol. The van der Waals surface area contributed by atoms with E-state index in [0.717, 1.165) is 11.4 Å². The van der Waals surface area contributed by atoms with Gasteiger partial charge in [0.1, 0.15) is 5.82 Å². The summed E-state index contributed by atoms with van der Waals surface area (Å²) < 4.78 is 1.64. The molecule has 142 valence electrons. The van der Waals surface area contributed by atoms with Crippen molar-refractivity contribution in [2.24, 2.45) is 0 Å². The van der Waals surface area contributed by atoms with Crippen molar-refractivity contribution in [1.29, 1.82) is 5.26 Å². The zero-order valence-corrected chi connectivity index (χ0v) is 17.1. The van der Waals surface area contributed by atoms with Gasteiger partial charge in [0.2, 0.25) is 0 Å². The molecule has 3 rings (SSSR count). The Morgan fingerprint density at radius 3 is 2.21 bits per heavy atom. The molecule has 0 radical (unpaired) electrons. The van der Waals surface area contributed by atoms with Crippen molar-refractivity contribution in [2.75, 3.05) is 5.32 Å². The minimum absolute atomic E-state index is 0.212. The number of hydrogen-bond acceptors (Lipinski definition) is 3. The van der Waals surface area contributed by atoms with E-state index in [1.54, 1.807) is 47.1 Å². The highest BCUT2D eigenvalue weighted by molar-refractivity contribution is 6.35. The SMILES string of the molecule is CC(C)(C)c1cc(NC(=O)c2cc(Cl)cc(Cl)c2)n(-c2ccc(C#N)cc2)n1.